The number of hydrogen-bond donors (Lipinski definition) is 2. The lowest BCUT2D eigenvalue weighted by Gasteiger charge is -2.45. The number of ether oxygens (including phenoxy) is 1. The van der Waals surface area contributed by atoms with Crippen molar-refractivity contribution in [1.29, 1.82) is 5.41 Å². The Bertz CT molecular complexity index is 691. The van der Waals surface area contributed by atoms with E-state index in [1.54, 1.807) is 7.05 Å². The van der Waals surface area contributed by atoms with Gasteiger partial charge in [-0.1, -0.05) is 30.3 Å². The minimum Gasteiger partial charge on any atom is -0.461 e. The molecule has 1 aromatic carbocycles. The third kappa shape index (κ3) is 4.56. The Morgan fingerprint density at radius 3 is 2.34 bits per heavy atom. The fraction of sp³-hybridized carbons (Fsp3) is 0.636. The minimum atomic E-state index is -0.0546. The zero-order valence-corrected chi connectivity index (χ0v) is 17.2. The van der Waals surface area contributed by atoms with Gasteiger partial charge in [0.05, 0.1) is 5.92 Å². The fourth-order valence-electron chi connectivity index (χ4n) is 5.27. The molecule has 2 N–H and O–H groups in total. The van der Waals surface area contributed by atoms with Crippen LogP contribution in [0.4, 0.5) is 0 Å². The Morgan fingerprint density at radius 2 is 1.72 bits per heavy atom. The molecule has 0 saturated carbocycles. The van der Waals surface area contributed by atoms with Crippen molar-refractivity contribution in [2.45, 2.75) is 63.3 Å². The van der Waals surface area contributed by atoms with Crippen LogP contribution < -0.4 is 5.48 Å². The van der Waals surface area contributed by atoms with Gasteiger partial charge in [0.2, 0.25) is 0 Å². The lowest BCUT2D eigenvalue weighted by Crippen LogP contribution is -2.54. The summed E-state index contributed by atoms with van der Waals surface area (Å²) in [7, 11) is 1.69. The van der Waals surface area contributed by atoms with Crippen molar-refractivity contribution >= 4 is 12.0 Å². The van der Waals surface area contributed by atoms with Crippen LogP contribution in [0.25, 0.3) is 0 Å². The highest BCUT2D eigenvalue weighted by Gasteiger charge is 2.45. The number of rotatable bonds is 5. The summed E-state index contributed by atoms with van der Waals surface area (Å²) in [6.45, 7) is 2.28. The summed E-state index contributed by atoms with van der Waals surface area (Å²) in [6.07, 6.45) is 6.19. The smallest absolute Gasteiger partial charge is 0.309 e. The molecule has 0 amide bonds. The van der Waals surface area contributed by atoms with Gasteiger partial charge in [0.25, 0.3) is 0 Å². The second-order valence-corrected chi connectivity index (χ2v) is 8.43. The topological polar surface area (TPSA) is 77.9 Å². The molecule has 3 aliphatic heterocycles. The van der Waals surface area contributed by atoms with Gasteiger partial charge in [-0.15, -0.1) is 0 Å². The summed E-state index contributed by atoms with van der Waals surface area (Å²) in [4.78, 5) is 22.4. The van der Waals surface area contributed by atoms with Crippen molar-refractivity contribution in [1.82, 2.24) is 15.3 Å². The minimum absolute atomic E-state index is 0.0176. The molecule has 3 atom stereocenters. The molecule has 0 unspecified atom stereocenters. The van der Waals surface area contributed by atoms with E-state index in [2.05, 4.69) is 15.3 Å². The van der Waals surface area contributed by atoms with Gasteiger partial charge in [-0.05, 0) is 57.2 Å². The van der Waals surface area contributed by atoms with E-state index in [0.717, 1.165) is 57.2 Å². The van der Waals surface area contributed by atoms with Crippen molar-refractivity contribution in [3.05, 3.63) is 35.9 Å². The molecule has 1 aromatic rings. The monoisotopic (exact) mass is 400 g/mol. The molecular weight excluding hydrogens is 368 g/mol. The molecule has 29 heavy (non-hydrogen) atoms. The summed E-state index contributed by atoms with van der Waals surface area (Å²) in [6, 6.07) is 11.5. The number of piperidine rings is 2. The molecule has 0 aliphatic carbocycles. The zero-order chi connectivity index (χ0) is 20.2. The van der Waals surface area contributed by atoms with Crippen LogP contribution in [0.1, 0.15) is 44.1 Å². The predicted octanol–water partition coefficient (Wildman–Crippen LogP) is 2.52. The normalized spacial score (nSPS) is 27.6. The third-order valence-corrected chi connectivity index (χ3v) is 6.74. The van der Waals surface area contributed by atoms with Crippen LogP contribution in [0.15, 0.2) is 30.3 Å². The molecule has 7 nitrogen and oxygen atoms in total. The van der Waals surface area contributed by atoms with Crippen molar-refractivity contribution in [2.75, 3.05) is 20.1 Å². The van der Waals surface area contributed by atoms with Crippen LogP contribution in [0.5, 0.6) is 0 Å². The first-order valence-electron chi connectivity index (χ1n) is 10.8. The van der Waals surface area contributed by atoms with Gasteiger partial charge in [0.1, 0.15) is 6.61 Å². The van der Waals surface area contributed by atoms with Crippen LogP contribution in [0, 0.1) is 11.3 Å². The molecule has 2 bridgehead atoms. The van der Waals surface area contributed by atoms with Gasteiger partial charge in [0.15, 0.2) is 0 Å². The molecule has 3 aliphatic rings. The molecule has 0 radical (unpaired) electrons. The number of esters is 1. The van der Waals surface area contributed by atoms with E-state index >= 15 is 0 Å². The summed E-state index contributed by atoms with van der Waals surface area (Å²) in [5.74, 6) is -0.0370. The summed E-state index contributed by atoms with van der Waals surface area (Å²) in [5.41, 5.74) is 3.66. The van der Waals surface area contributed by atoms with Crippen molar-refractivity contribution in [3.8, 4) is 0 Å². The molecular formula is C22H32N4O3. The number of nitrogens with zero attached hydrogens (tertiary/aromatic N) is 2. The number of carbonyl (C=O) groups excluding carboxylic acids is 1. The largest absolute Gasteiger partial charge is 0.461 e. The Balaban J connectivity index is 1.24. The Labute approximate surface area is 172 Å². The molecule has 0 spiro atoms. The first kappa shape index (κ1) is 20.2. The molecule has 3 saturated heterocycles. The second kappa shape index (κ2) is 9.13. The highest BCUT2D eigenvalue weighted by molar-refractivity contribution is 5.72. The SMILES string of the molecule is CNOC(=N)N1[C@@H]2CC[C@H]1C[C@@H](N1CCC(C(=O)OCc3ccccc3)CC1)C2. The summed E-state index contributed by atoms with van der Waals surface area (Å²) in [5, 5.41) is 8.15. The summed E-state index contributed by atoms with van der Waals surface area (Å²) >= 11 is 0. The number of hydroxylamine groups is 1. The Morgan fingerprint density at radius 1 is 1.07 bits per heavy atom. The van der Waals surface area contributed by atoms with Crippen molar-refractivity contribution in [3.63, 3.8) is 0 Å². The number of carbonyl (C=O) groups is 1. The van der Waals surface area contributed by atoms with E-state index < -0.39 is 0 Å². The van der Waals surface area contributed by atoms with Gasteiger partial charge in [0, 0.05) is 25.2 Å². The van der Waals surface area contributed by atoms with Gasteiger partial charge >= 0.3 is 12.0 Å². The molecule has 7 heteroatoms. The van der Waals surface area contributed by atoms with E-state index in [4.69, 9.17) is 15.0 Å². The van der Waals surface area contributed by atoms with Gasteiger partial charge in [-0.2, -0.15) is 5.48 Å². The van der Waals surface area contributed by atoms with Crippen molar-refractivity contribution < 1.29 is 14.4 Å². The maximum atomic E-state index is 12.5. The van der Waals surface area contributed by atoms with E-state index in [-0.39, 0.29) is 17.9 Å². The molecule has 4 rings (SSSR count). The van der Waals surface area contributed by atoms with Crippen LogP contribution in [-0.4, -0.2) is 60.1 Å². The zero-order valence-electron chi connectivity index (χ0n) is 17.2. The highest BCUT2D eigenvalue weighted by Crippen LogP contribution is 2.38. The Kier molecular flexibility index (Phi) is 6.35. The number of likely N-dealkylation sites (tertiary alicyclic amines) is 1. The first-order chi connectivity index (χ1) is 14.2. The molecule has 3 heterocycles. The van der Waals surface area contributed by atoms with Gasteiger partial charge in [-0.3, -0.25) is 4.79 Å². The molecule has 0 aromatic heterocycles. The highest BCUT2D eigenvalue weighted by atomic mass is 16.7. The van der Waals surface area contributed by atoms with Gasteiger partial charge < -0.3 is 19.4 Å². The fourth-order valence-corrected chi connectivity index (χ4v) is 5.27. The van der Waals surface area contributed by atoms with Crippen LogP contribution in [0.2, 0.25) is 0 Å². The average Bonchev–Trinajstić information content (AvgIpc) is 3.02. The summed E-state index contributed by atoms with van der Waals surface area (Å²) < 4.78 is 5.55. The van der Waals surface area contributed by atoms with E-state index in [0.29, 0.717) is 24.7 Å². The second-order valence-electron chi connectivity index (χ2n) is 8.43. The maximum absolute atomic E-state index is 12.5. The number of amidine groups is 1. The average molecular weight is 401 g/mol. The quantitative estimate of drug-likeness (QED) is 0.342. The number of benzene rings is 1. The maximum Gasteiger partial charge on any atom is 0.309 e. The van der Waals surface area contributed by atoms with Crippen LogP contribution in [0.3, 0.4) is 0 Å². The lowest BCUT2D eigenvalue weighted by atomic mass is 9.91. The van der Waals surface area contributed by atoms with E-state index in [1.165, 1.54) is 0 Å². The molecule has 3 fully saturated rings. The lowest BCUT2D eigenvalue weighted by molar-refractivity contribution is -0.151. The van der Waals surface area contributed by atoms with Crippen LogP contribution in [-0.2, 0) is 21.0 Å². The van der Waals surface area contributed by atoms with E-state index in [9.17, 15) is 4.79 Å². The Hall–Kier alpha value is -2.12. The molecule has 158 valence electrons. The standard InChI is InChI=1S/C22H32N4O3/c1-24-29-22(23)26-18-7-8-19(26)14-20(13-18)25-11-9-17(10-12-25)21(27)28-15-16-5-3-2-4-6-16/h2-6,17-20,23-24H,7-15H2,1H3/t18-,19+,20+. The predicted molar refractivity (Wildman–Crippen MR) is 110 cm³/mol. The number of hydrogen-bond acceptors (Lipinski definition) is 6. The number of fused-ring (bicyclic) bond motifs is 2. The van der Waals surface area contributed by atoms with Gasteiger partial charge in [-0.25, -0.2) is 5.41 Å². The van der Waals surface area contributed by atoms with Crippen LogP contribution >= 0.6 is 0 Å². The number of nitrogens with one attached hydrogen (secondary N) is 2. The third-order valence-electron chi connectivity index (χ3n) is 6.74. The van der Waals surface area contributed by atoms with E-state index in [1.807, 2.05) is 30.3 Å². The van der Waals surface area contributed by atoms with Crippen molar-refractivity contribution in [2.24, 2.45) is 5.92 Å². The first-order valence-corrected chi connectivity index (χ1v) is 10.8.